The molecule has 0 atom stereocenters. The molecule has 0 spiro atoms. The third-order valence-corrected chi connectivity index (χ3v) is 7.05. The first kappa shape index (κ1) is 20.1. The normalized spacial score (nSPS) is 15.8. The number of piperidine rings is 1. The van der Waals surface area contributed by atoms with E-state index in [0.717, 1.165) is 37.4 Å². The summed E-state index contributed by atoms with van der Waals surface area (Å²) in [4.78, 5) is 6.73. The Bertz CT molecular complexity index is 1260. The summed E-state index contributed by atoms with van der Waals surface area (Å²) in [7, 11) is 0. The molecule has 3 heterocycles. The van der Waals surface area contributed by atoms with Crippen molar-refractivity contribution in [3.8, 4) is 11.5 Å². The van der Waals surface area contributed by atoms with Crippen molar-refractivity contribution >= 4 is 16.5 Å². The Morgan fingerprint density at radius 1 is 0.788 bits per heavy atom. The third-order valence-electron chi connectivity index (χ3n) is 7.05. The number of hydrogen-bond donors (Lipinski definition) is 0. The molecule has 2 aliphatic heterocycles. The lowest BCUT2D eigenvalue weighted by Crippen LogP contribution is -2.34. The first-order chi connectivity index (χ1) is 16.3. The number of ether oxygens (including phenoxy) is 2. The van der Waals surface area contributed by atoms with Crippen molar-refractivity contribution in [2.75, 3.05) is 24.8 Å². The van der Waals surface area contributed by atoms with Gasteiger partial charge in [0.25, 0.3) is 0 Å². The van der Waals surface area contributed by atoms with Crippen LogP contribution in [0.25, 0.3) is 10.8 Å². The summed E-state index contributed by atoms with van der Waals surface area (Å²) < 4.78 is 11.0. The zero-order chi connectivity index (χ0) is 22.0. The second-order valence-corrected chi connectivity index (χ2v) is 9.14. The number of fused-ring (bicyclic) bond motifs is 2. The molecule has 0 amide bonds. The minimum absolute atomic E-state index is 0.340. The Kier molecular flexibility index (Phi) is 5.35. The lowest BCUT2D eigenvalue weighted by molar-refractivity contribution is 0.174. The molecule has 0 N–H and O–H groups in total. The van der Waals surface area contributed by atoms with Crippen molar-refractivity contribution in [3.05, 3.63) is 95.8 Å². The van der Waals surface area contributed by atoms with E-state index in [9.17, 15) is 0 Å². The molecule has 0 aliphatic carbocycles. The summed E-state index contributed by atoms with van der Waals surface area (Å²) in [6, 6.07) is 24.1. The van der Waals surface area contributed by atoms with Crippen LogP contribution in [0.15, 0.2) is 79.1 Å². The van der Waals surface area contributed by atoms with E-state index in [0.29, 0.717) is 12.7 Å². The first-order valence-electron chi connectivity index (χ1n) is 11.9. The summed E-state index contributed by atoms with van der Waals surface area (Å²) in [6.45, 7) is 2.54. The maximum atomic E-state index is 5.56. The number of anilines is 1. The Labute approximate surface area is 194 Å². The molecule has 1 fully saturated rings. The summed E-state index contributed by atoms with van der Waals surface area (Å²) >= 11 is 0. The van der Waals surface area contributed by atoms with Gasteiger partial charge in [0.2, 0.25) is 6.79 Å². The quantitative estimate of drug-likeness (QED) is 0.384. The van der Waals surface area contributed by atoms with Crippen molar-refractivity contribution in [3.63, 3.8) is 0 Å². The van der Waals surface area contributed by atoms with Crippen molar-refractivity contribution < 1.29 is 9.47 Å². The lowest BCUT2D eigenvalue weighted by atomic mass is 9.89. The topological polar surface area (TPSA) is 34.6 Å². The molecule has 0 bridgehead atoms. The van der Waals surface area contributed by atoms with Gasteiger partial charge in [-0.25, -0.2) is 0 Å². The summed E-state index contributed by atoms with van der Waals surface area (Å²) in [5, 5.41) is 2.72. The van der Waals surface area contributed by atoms with E-state index in [1.54, 1.807) is 0 Å². The number of benzene rings is 3. The molecule has 4 nitrogen and oxygen atoms in total. The smallest absolute Gasteiger partial charge is 0.231 e. The van der Waals surface area contributed by atoms with Gasteiger partial charge >= 0.3 is 0 Å². The van der Waals surface area contributed by atoms with Gasteiger partial charge in [-0.3, -0.25) is 4.98 Å². The molecule has 6 rings (SSSR count). The van der Waals surface area contributed by atoms with Crippen LogP contribution >= 0.6 is 0 Å². The van der Waals surface area contributed by atoms with Crippen LogP contribution in [0, 0.1) is 5.92 Å². The van der Waals surface area contributed by atoms with Crippen LogP contribution in [0.2, 0.25) is 0 Å². The van der Waals surface area contributed by atoms with E-state index in [4.69, 9.17) is 9.47 Å². The van der Waals surface area contributed by atoms with E-state index in [1.807, 2.05) is 18.5 Å². The van der Waals surface area contributed by atoms with Gasteiger partial charge in [0, 0.05) is 36.6 Å². The number of aromatic nitrogens is 1. The molecule has 0 radical (unpaired) electrons. The lowest BCUT2D eigenvalue weighted by Gasteiger charge is -2.34. The first-order valence-corrected chi connectivity index (χ1v) is 11.9. The molecule has 3 aromatic carbocycles. The summed E-state index contributed by atoms with van der Waals surface area (Å²) in [5.74, 6) is 2.47. The number of hydrogen-bond acceptors (Lipinski definition) is 4. The average molecular weight is 437 g/mol. The number of pyridine rings is 1. The zero-order valence-corrected chi connectivity index (χ0v) is 18.7. The van der Waals surface area contributed by atoms with Crippen molar-refractivity contribution in [1.82, 2.24) is 4.98 Å². The molecule has 0 unspecified atom stereocenters. The highest BCUT2D eigenvalue weighted by Crippen LogP contribution is 2.36. The highest BCUT2D eigenvalue weighted by molar-refractivity contribution is 5.96. The highest BCUT2D eigenvalue weighted by atomic mass is 16.7. The van der Waals surface area contributed by atoms with Gasteiger partial charge in [0.15, 0.2) is 11.5 Å². The molecule has 4 aromatic rings. The van der Waals surface area contributed by atoms with Crippen molar-refractivity contribution in [2.45, 2.75) is 25.7 Å². The zero-order valence-electron chi connectivity index (χ0n) is 18.7. The second kappa shape index (κ2) is 8.78. The monoisotopic (exact) mass is 436 g/mol. The molecular weight excluding hydrogens is 408 g/mol. The number of rotatable bonds is 5. The maximum Gasteiger partial charge on any atom is 0.231 e. The second-order valence-electron chi connectivity index (χ2n) is 9.14. The van der Waals surface area contributed by atoms with E-state index in [2.05, 4.69) is 70.5 Å². The molecule has 4 heteroatoms. The van der Waals surface area contributed by atoms with Gasteiger partial charge in [-0.1, -0.05) is 36.4 Å². The fourth-order valence-electron chi connectivity index (χ4n) is 5.28. The van der Waals surface area contributed by atoms with Gasteiger partial charge in [0.1, 0.15) is 0 Å². The van der Waals surface area contributed by atoms with Crippen LogP contribution in [0.4, 0.5) is 5.69 Å². The van der Waals surface area contributed by atoms with Gasteiger partial charge in [0.05, 0.1) is 0 Å². The number of nitrogens with zero attached hydrogens (tertiary/aromatic N) is 2. The van der Waals surface area contributed by atoms with E-state index in [1.165, 1.54) is 46.0 Å². The van der Waals surface area contributed by atoms with Gasteiger partial charge < -0.3 is 14.4 Å². The summed E-state index contributed by atoms with van der Waals surface area (Å²) in [6.07, 6.45) is 8.21. The Hall–Kier alpha value is -3.53. The van der Waals surface area contributed by atoms with Crippen LogP contribution in [-0.2, 0) is 12.8 Å². The molecule has 0 saturated carbocycles. The predicted molar refractivity (Wildman–Crippen MR) is 132 cm³/mol. The van der Waals surface area contributed by atoms with Crippen LogP contribution in [0.5, 0.6) is 11.5 Å². The van der Waals surface area contributed by atoms with Crippen molar-refractivity contribution in [2.24, 2.45) is 5.92 Å². The van der Waals surface area contributed by atoms with Crippen LogP contribution < -0.4 is 14.4 Å². The SMILES string of the molecule is c1ccc2c(N3CCC(Cc4ccc5c(c4)OCO5)CC3)ccc(Cc3ccncc3)c2c1. The van der Waals surface area contributed by atoms with Crippen LogP contribution in [0.1, 0.15) is 29.5 Å². The minimum atomic E-state index is 0.340. The molecule has 1 saturated heterocycles. The average Bonchev–Trinajstić information content (AvgIpc) is 3.34. The Balaban J connectivity index is 1.17. The largest absolute Gasteiger partial charge is 0.454 e. The Morgan fingerprint density at radius 3 is 2.42 bits per heavy atom. The summed E-state index contributed by atoms with van der Waals surface area (Å²) in [5.41, 5.74) is 5.39. The van der Waals surface area contributed by atoms with Crippen molar-refractivity contribution in [1.29, 1.82) is 0 Å². The minimum Gasteiger partial charge on any atom is -0.454 e. The standard InChI is InChI=1S/C29H28N2O2/c1-2-4-26-25(3-1)24(18-21-9-13-30-14-10-21)6-7-27(26)31-15-11-22(12-16-31)17-23-5-8-28-29(19-23)33-20-32-28/h1-10,13-14,19,22H,11-12,15-18,20H2. The van der Waals surface area contributed by atoms with E-state index in [-0.39, 0.29) is 0 Å². The van der Waals surface area contributed by atoms with Gasteiger partial charge in [-0.05, 0) is 84.0 Å². The molecule has 166 valence electrons. The van der Waals surface area contributed by atoms with Gasteiger partial charge in [-0.2, -0.15) is 0 Å². The fraction of sp³-hybridized carbons (Fsp3) is 0.276. The molecule has 33 heavy (non-hydrogen) atoms. The van der Waals surface area contributed by atoms with E-state index >= 15 is 0 Å². The molecule has 2 aliphatic rings. The van der Waals surface area contributed by atoms with Gasteiger partial charge in [-0.15, -0.1) is 0 Å². The third kappa shape index (κ3) is 4.13. The Morgan fingerprint density at radius 2 is 1.58 bits per heavy atom. The van der Waals surface area contributed by atoms with Crippen LogP contribution in [-0.4, -0.2) is 24.9 Å². The molecular formula is C29H28N2O2. The fourth-order valence-corrected chi connectivity index (χ4v) is 5.28. The van der Waals surface area contributed by atoms with Crippen LogP contribution in [0.3, 0.4) is 0 Å². The maximum absolute atomic E-state index is 5.56. The predicted octanol–water partition coefficient (Wildman–Crippen LogP) is 6.01. The highest BCUT2D eigenvalue weighted by Gasteiger charge is 2.22. The van der Waals surface area contributed by atoms with E-state index < -0.39 is 0 Å². The molecule has 1 aromatic heterocycles.